The predicted octanol–water partition coefficient (Wildman–Crippen LogP) is 2.30. The molecule has 1 aromatic rings. The number of amides is 3. The third kappa shape index (κ3) is 2.95. The number of ether oxygens (including phenoxy) is 1. The van der Waals surface area contributed by atoms with Crippen molar-refractivity contribution in [3.8, 4) is 5.75 Å². The summed E-state index contributed by atoms with van der Waals surface area (Å²) in [5.74, 6) is -1.56. The van der Waals surface area contributed by atoms with Crippen molar-refractivity contribution in [1.29, 1.82) is 0 Å². The molecule has 0 radical (unpaired) electrons. The van der Waals surface area contributed by atoms with Gasteiger partial charge in [0.25, 0.3) is 5.91 Å². The Morgan fingerprint density at radius 3 is 2.58 bits per heavy atom. The number of imide groups is 1. The molecule has 1 saturated carbocycles. The van der Waals surface area contributed by atoms with Gasteiger partial charge in [-0.25, -0.2) is 4.39 Å². The molecule has 1 N–H and O–H groups in total. The first-order chi connectivity index (χ1) is 12.5. The largest absolute Gasteiger partial charge is 0.487 e. The van der Waals surface area contributed by atoms with Crippen LogP contribution < -0.4 is 10.1 Å². The second kappa shape index (κ2) is 6.70. The third-order valence-corrected chi connectivity index (χ3v) is 5.46. The zero-order valence-corrected chi connectivity index (χ0v) is 14.4. The zero-order chi connectivity index (χ0) is 18.3. The number of nitrogens with zero attached hydrogens (tertiary/aromatic N) is 1. The van der Waals surface area contributed by atoms with E-state index in [-0.39, 0.29) is 54.2 Å². The molecule has 0 aromatic heterocycles. The number of halogens is 1. The second-order valence-electron chi connectivity index (χ2n) is 7.18. The Labute approximate surface area is 150 Å². The molecular formula is C19H21FN2O4. The van der Waals surface area contributed by atoms with Crippen LogP contribution in [0.1, 0.15) is 60.9 Å². The molecule has 2 aliphatic heterocycles. The SMILES string of the molecule is O=C1CCC(N2Cc3c(ccc(OC4CCCCC4)c3F)C2=O)C(=O)N1. The van der Waals surface area contributed by atoms with Crippen LogP contribution in [0.4, 0.5) is 4.39 Å². The number of hydrogen-bond donors (Lipinski definition) is 1. The molecule has 26 heavy (non-hydrogen) atoms. The zero-order valence-electron chi connectivity index (χ0n) is 14.4. The van der Waals surface area contributed by atoms with Crippen LogP contribution in [-0.4, -0.2) is 34.8 Å². The average molecular weight is 360 g/mol. The van der Waals surface area contributed by atoms with Gasteiger partial charge in [-0.15, -0.1) is 0 Å². The summed E-state index contributed by atoms with van der Waals surface area (Å²) in [6.45, 7) is 0.0220. The minimum Gasteiger partial charge on any atom is -0.487 e. The molecule has 2 fully saturated rings. The molecule has 3 aliphatic rings. The lowest BCUT2D eigenvalue weighted by Crippen LogP contribution is -2.52. The van der Waals surface area contributed by atoms with E-state index in [1.54, 1.807) is 6.07 Å². The highest BCUT2D eigenvalue weighted by molar-refractivity contribution is 6.05. The van der Waals surface area contributed by atoms with E-state index in [0.717, 1.165) is 25.7 Å². The van der Waals surface area contributed by atoms with Crippen LogP contribution in [0.2, 0.25) is 0 Å². The quantitative estimate of drug-likeness (QED) is 0.840. The first-order valence-corrected chi connectivity index (χ1v) is 9.17. The fourth-order valence-electron chi connectivity index (χ4n) is 4.04. The Morgan fingerprint density at radius 1 is 1.08 bits per heavy atom. The number of piperidine rings is 1. The van der Waals surface area contributed by atoms with E-state index in [9.17, 15) is 18.8 Å². The van der Waals surface area contributed by atoms with Gasteiger partial charge in [0.1, 0.15) is 6.04 Å². The van der Waals surface area contributed by atoms with Crippen molar-refractivity contribution < 1.29 is 23.5 Å². The van der Waals surface area contributed by atoms with Gasteiger partial charge in [-0.2, -0.15) is 0 Å². The lowest BCUT2D eigenvalue weighted by atomic mass is 9.97. The summed E-state index contributed by atoms with van der Waals surface area (Å²) in [7, 11) is 0. The molecule has 138 valence electrons. The maximum Gasteiger partial charge on any atom is 0.255 e. The lowest BCUT2D eigenvalue weighted by Gasteiger charge is -2.29. The van der Waals surface area contributed by atoms with Crippen molar-refractivity contribution >= 4 is 17.7 Å². The van der Waals surface area contributed by atoms with Gasteiger partial charge < -0.3 is 9.64 Å². The Bertz CT molecular complexity index is 773. The standard InChI is InChI=1S/C19H21FN2O4/c20-17-13-10-22(14-7-9-16(23)21-18(14)24)19(25)12(13)6-8-15(17)26-11-4-2-1-3-5-11/h6,8,11,14H,1-5,7,9-10H2,(H,21,23,24). The van der Waals surface area contributed by atoms with E-state index in [4.69, 9.17) is 4.74 Å². The average Bonchev–Trinajstić information content (AvgIpc) is 2.96. The summed E-state index contributed by atoms with van der Waals surface area (Å²) in [5, 5.41) is 2.24. The summed E-state index contributed by atoms with van der Waals surface area (Å²) in [6.07, 6.45) is 5.63. The highest BCUT2D eigenvalue weighted by Gasteiger charge is 2.40. The number of benzene rings is 1. The number of hydrogen-bond acceptors (Lipinski definition) is 4. The van der Waals surface area contributed by atoms with Gasteiger partial charge in [0, 0.05) is 17.5 Å². The Kier molecular flexibility index (Phi) is 4.38. The summed E-state index contributed by atoms with van der Waals surface area (Å²) < 4.78 is 20.8. The highest BCUT2D eigenvalue weighted by atomic mass is 19.1. The molecule has 1 aliphatic carbocycles. The molecule has 0 spiro atoms. The van der Waals surface area contributed by atoms with Crippen molar-refractivity contribution in [3.05, 3.63) is 29.1 Å². The summed E-state index contributed by atoms with van der Waals surface area (Å²) in [4.78, 5) is 37.3. The number of carbonyl (C=O) groups excluding carboxylic acids is 3. The van der Waals surface area contributed by atoms with Crippen LogP contribution in [-0.2, 0) is 16.1 Å². The normalized spacial score (nSPS) is 23.8. The van der Waals surface area contributed by atoms with Gasteiger partial charge in [0.2, 0.25) is 11.8 Å². The molecular weight excluding hydrogens is 339 g/mol. The molecule has 3 amide bonds. The van der Waals surface area contributed by atoms with Crippen LogP contribution in [0.25, 0.3) is 0 Å². The first-order valence-electron chi connectivity index (χ1n) is 9.17. The molecule has 6 nitrogen and oxygen atoms in total. The molecule has 7 heteroatoms. The van der Waals surface area contributed by atoms with Crippen molar-refractivity contribution in [2.75, 3.05) is 0 Å². The minimum absolute atomic E-state index is 0.0136. The van der Waals surface area contributed by atoms with Gasteiger partial charge in [-0.1, -0.05) is 6.42 Å². The topological polar surface area (TPSA) is 75.7 Å². The van der Waals surface area contributed by atoms with E-state index in [1.165, 1.54) is 17.4 Å². The van der Waals surface area contributed by atoms with Crippen molar-refractivity contribution in [3.63, 3.8) is 0 Å². The van der Waals surface area contributed by atoms with E-state index in [1.807, 2.05) is 0 Å². The summed E-state index contributed by atoms with van der Waals surface area (Å²) in [5.41, 5.74) is 0.538. The van der Waals surface area contributed by atoms with E-state index in [2.05, 4.69) is 5.32 Å². The molecule has 2 heterocycles. The third-order valence-electron chi connectivity index (χ3n) is 5.46. The van der Waals surface area contributed by atoms with Crippen molar-refractivity contribution in [1.82, 2.24) is 10.2 Å². The molecule has 1 aromatic carbocycles. The fourth-order valence-corrected chi connectivity index (χ4v) is 4.04. The number of carbonyl (C=O) groups is 3. The number of rotatable bonds is 3. The Balaban J connectivity index is 1.55. The van der Waals surface area contributed by atoms with Crippen molar-refractivity contribution in [2.45, 2.75) is 63.6 Å². The van der Waals surface area contributed by atoms with Gasteiger partial charge in [0.05, 0.1) is 12.6 Å². The Morgan fingerprint density at radius 2 is 1.85 bits per heavy atom. The van der Waals surface area contributed by atoms with Gasteiger partial charge >= 0.3 is 0 Å². The first kappa shape index (κ1) is 17.0. The van der Waals surface area contributed by atoms with Crippen LogP contribution in [0.3, 0.4) is 0 Å². The number of fused-ring (bicyclic) bond motifs is 1. The predicted molar refractivity (Wildman–Crippen MR) is 89.9 cm³/mol. The second-order valence-corrected chi connectivity index (χ2v) is 7.18. The number of nitrogens with one attached hydrogen (secondary N) is 1. The molecule has 0 bridgehead atoms. The molecule has 1 unspecified atom stereocenters. The maximum atomic E-state index is 14.9. The van der Waals surface area contributed by atoms with E-state index in [0.29, 0.717) is 0 Å². The minimum atomic E-state index is -0.741. The van der Waals surface area contributed by atoms with Crippen LogP contribution in [0.15, 0.2) is 12.1 Å². The van der Waals surface area contributed by atoms with Gasteiger partial charge in [-0.05, 0) is 44.2 Å². The van der Waals surface area contributed by atoms with E-state index >= 15 is 0 Å². The van der Waals surface area contributed by atoms with Gasteiger partial charge in [0.15, 0.2) is 11.6 Å². The van der Waals surface area contributed by atoms with E-state index < -0.39 is 17.8 Å². The maximum absolute atomic E-state index is 14.9. The molecule has 1 atom stereocenters. The Hall–Kier alpha value is -2.44. The lowest BCUT2D eigenvalue weighted by molar-refractivity contribution is -0.136. The highest BCUT2D eigenvalue weighted by Crippen LogP contribution is 2.34. The smallest absolute Gasteiger partial charge is 0.255 e. The van der Waals surface area contributed by atoms with Crippen LogP contribution >= 0.6 is 0 Å². The molecule has 1 saturated heterocycles. The van der Waals surface area contributed by atoms with Crippen LogP contribution in [0, 0.1) is 5.82 Å². The fraction of sp³-hybridized carbons (Fsp3) is 0.526. The van der Waals surface area contributed by atoms with Crippen LogP contribution in [0.5, 0.6) is 5.75 Å². The summed E-state index contributed by atoms with van der Waals surface area (Å²) >= 11 is 0. The monoisotopic (exact) mass is 360 g/mol. The van der Waals surface area contributed by atoms with Gasteiger partial charge in [-0.3, -0.25) is 19.7 Å². The van der Waals surface area contributed by atoms with Crippen molar-refractivity contribution in [2.24, 2.45) is 0 Å². The molecule has 4 rings (SSSR count). The summed E-state index contributed by atoms with van der Waals surface area (Å²) in [6, 6.07) is 2.34.